The summed E-state index contributed by atoms with van der Waals surface area (Å²) in [5, 5.41) is 1.81. The fraction of sp³-hybridized carbons (Fsp3) is 0.875. The van der Waals surface area contributed by atoms with Crippen LogP contribution in [0.2, 0.25) is 18.1 Å². The molecule has 0 radical (unpaired) electrons. The molecular weight excluding hydrogens is 411 g/mol. The summed E-state index contributed by atoms with van der Waals surface area (Å²) in [7, 11) is -1.58. The van der Waals surface area contributed by atoms with Gasteiger partial charge in [0.1, 0.15) is 0 Å². The zero-order valence-electron chi connectivity index (χ0n) is 14.0. The molecule has 1 rings (SSSR count). The molecule has 5 heteroatoms. The molecule has 0 aromatic rings. The lowest BCUT2D eigenvalue weighted by molar-refractivity contribution is -0.131. The van der Waals surface area contributed by atoms with E-state index in [2.05, 4.69) is 75.9 Å². The standard InChI is InChI=1S/C16H31IO2SSi/c1-6-21(7-2,8-3)19-16-12(4)14(9-10-20)18-15(11-17)13(16)5/h9-10,12-16,20H,6-8,11H2,1-5H3/b10-9+/t12-,13+,14+,15-,16?/m1/s1. The summed E-state index contributed by atoms with van der Waals surface area (Å²) in [4.78, 5) is 0. The van der Waals surface area contributed by atoms with E-state index in [1.165, 1.54) is 18.1 Å². The van der Waals surface area contributed by atoms with Gasteiger partial charge in [-0.2, -0.15) is 12.6 Å². The van der Waals surface area contributed by atoms with Crippen LogP contribution in [0.25, 0.3) is 0 Å². The van der Waals surface area contributed by atoms with Crippen LogP contribution in [0.3, 0.4) is 0 Å². The number of hydrogen-bond donors (Lipinski definition) is 1. The van der Waals surface area contributed by atoms with Crippen LogP contribution in [0.5, 0.6) is 0 Å². The smallest absolute Gasteiger partial charge is 0.192 e. The summed E-state index contributed by atoms with van der Waals surface area (Å²) in [5.74, 6) is 0.845. The third kappa shape index (κ3) is 4.72. The fourth-order valence-electron chi connectivity index (χ4n) is 3.31. The molecule has 1 aliphatic rings. The Bertz CT molecular complexity index is 328. The zero-order chi connectivity index (χ0) is 16.0. The van der Waals surface area contributed by atoms with Gasteiger partial charge in [0.05, 0.1) is 18.3 Å². The van der Waals surface area contributed by atoms with Gasteiger partial charge in [0.2, 0.25) is 0 Å². The first-order valence-electron chi connectivity index (χ1n) is 8.18. The molecule has 124 valence electrons. The van der Waals surface area contributed by atoms with E-state index in [-0.39, 0.29) is 12.2 Å². The van der Waals surface area contributed by atoms with E-state index in [9.17, 15) is 0 Å². The Morgan fingerprint density at radius 2 is 1.71 bits per heavy atom. The fourth-order valence-corrected chi connectivity index (χ4v) is 7.50. The molecule has 1 heterocycles. The van der Waals surface area contributed by atoms with Crippen LogP contribution in [-0.2, 0) is 9.16 Å². The van der Waals surface area contributed by atoms with Gasteiger partial charge >= 0.3 is 0 Å². The third-order valence-corrected chi connectivity index (χ3v) is 10.9. The molecule has 1 fully saturated rings. The van der Waals surface area contributed by atoms with Crippen molar-refractivity contribution in [2.45, 2.75) is 71.1 Å². The number of alkyl halides is 1. The second-order valence-electron chi connectivity index (χ2n) is 6.18. The van der Waals surface area contributed by atoms with E-state index in [0.29, 0.717) is 17.9 Å². The highest BCUT2D eigenvalue weighted by atomic mass is 127. The minimum absolute atomic E-state index is 0.126. The van der Waals surface area contributed by atoms with Gasteiger partial charge < -0.3 is 9.16 Å². The maximum absolute atomic E-state index is 6.86. The summed E-state index contributed by atoms with van der Waals surface area (Å²) in [5.41, 5.74) is 0. The minimum atomic E-state index is -1.58. The van der Waals surface area contributed by atoms with E-state index >= 15 is 0 Å². The van der Waals surface area contributed by atoms with Gasteiger partial charge in [-0.3, -0.25) is 0 Å². The van der Waals surface area contributed by atoms with Crippen LogP contribution in [0.15, 0.2) is 11.5 Å². The van der Waals surface area contributed by atoms with E-state index in [4.69, 9.17) is 9.16 Å². The molecule has 21 heavy (non-hydrogen) atoms. The van der Waals surface area contributed by atoms with E-state index < -0.39 is 8.32 Å². The monoisotopic (exact) mass is 442 g/mol. The number of ether oxygens (including phenoxy) is 1. The average Bonchev–Trinajstić information content (AvgIpc) is 2.51. The number of rotatable bonds is 7. The maximum atomic E-state index is 6.86. The molecule has 0 amide bonds. The largest absolute Gasteiger partial charge is 0.413 e. The molecule has 0 aromatic heterocycles. The number of hydrogen-bond acceptors (Lipinski definition) is 3. The molecule has 0 N–H and O–H groups in total. The van der Waals surface area contributed by atoms with Crippen molar-refractivity contribution < 1.29 is 9.16 Å². The normalized spacial score (nSPS) is 34.5. The molecule has 1 aliphatic heterocycles. The van der Waals surface area contributed by atoms with E-state index in [1.54, 1.807) is 0 Å². The predicted molar refractivity (Wildman–Crippen MR) is 106 cm³/mol. The maximum Gasteiger partial charge on any atom is 0.192 e. The first kappa shape index (κ1) is 20.0. The Kier molecular flexibility index (Phi) is 8.86. The van der Waals surface area contributed by atoms with Gasteiger partial charge in [-0.25, -0.2) is 0 Å². The van der Waals surface area contributed by atoms with E-state index in [1.807, 2.05) is 5.41 Å². The SMILES string of the molecule is CC[Si](CC)(CC)OC1[C@@H](C)[C@@H](CI)O[C@@H](/C=C/S)[C@H]1C. The van der Waals surface area contributed by atoms with Crippen molar-refractivity contribution in [1.29, 1.82) is 0 Å². The summed E-state index contributed by atoms with van der Waals surface area (Å²) in [6, 6.07) is 3.62. The number of thiol groups is 1. The van der Waals surface area contributed by atoms with Gasteiger partial charge in [-0.15, -0.1) is 0 Å². The lowest BCUT2D eigenvalue weighted by Crippen LogP contribution is -2.54. The number of halogens is 1. The molecule has 0 spiro atoms. The summed E-state index contributed by atoms with van der Waals surface area (Å²) in [6.45, 7) is 11.5. The van der Waals surface area contributed by atoms with Crippen LogP contribution >= 0.6 is 35.2 Å². The lowest BCUT2D eigenvalue weighted by atomic mass is 9.83. The van der Waals surface area contributed by atoms with Crippen LogP contribution in [0, 0.1) is 11.8 Å². The van der Waals surface area contributed by atoms with Gasteiger partial charge in [0.15, 0.2) is 8.32 Å². The van der Waals surface area contributed by atoms with Gasteiger partial charge in [0.25, 0.3) is 0 Å². The molecule has 2 nitrogen and oxygen atoms in total. The highest BCUT2D eigenvalue weighted by Crippen LogP contribution is 2.37. The highest BCUT2D eigenvalue weighted by molar-refractivity contribution is 14.1. The van der Waals surface area contributed by atoms with Crippen LogP contribution in [0.4, 0.5) is 0 Å². The molecule has 1 unspecified atom stereocenters. The summed E-state index contributed by atoms with van der Waals surface area (Å²) < 4.78 is 14.1. The second-order valence-corrected chi connectivity index (χ2v) is 12.1. The zero-order valence-corrected chi connectivity index (χ0v) is 18.1. The predicted octanol–water partition coefficient (Wildman–Crippen LogP) is 5.29. The first-order valence-corrected chi connectivity index (χ1v) is 12.8. The molecule has 5 atom stereocenters. The average molecular weight is 442 g/mol. The third-order valence-electron chi connectivity index (χ3n) is 5.22. The van der Waals surface area contributed by atoms with Gasteiger partial charge in [-0.05, 0) is 29.6 Å². The molecular formula is C16H31IO2SSi. The van der Waals surface area contributed by atoms with Crippen molar-refractivity contribution in [1.82, 2.24) is 0 Å². The Hall–Kier alpha value is 0.957. The van der Waals surface area contributed by atoms with Crippen LogP contribution in [-0.4, -0.2) is 31.1 Å². The molecule has 0 aromatic carbocycles. The second kappa shape index (κ2) is 9.30. The van der Waals surface area contributed by atoms with Crippen LogP contribution in [0.1, 0.15) is 34.6 Å². The van der Waals surface area contributed by atoms with Crippen molar-refractivity contribution in [3.05, 3.63) is 11.5 Å². The minimum Gasteiger partial charge on any atom is -0.413 e. The van der Waals surface area contributed by atoms with Crippen molar-refractivity contribution in [3.8, 4) is 0 Å². The molecule has 0 saturated carbocycles. The quantitative estimate of drug-likeness (QED) is 0.250. The van der Waals surface area contributed by atoms with Crippen molar-refractivity contribution in [2.75, 3.05) is 4.43 Å². The van der Waals surface area contributed by atoms with E-state index in [0.717, 1.165) is 4.43 Å². The van der Waals surface area contributed by atoms with Crippen molar-refractivity contribution in [3.63, 3.8) is 0 Å². The Morgan fingerprint density at radius 1 is 1.14 bits per heavy atom. The summed E-state index contributed by atoms with van der Waals surface area (Å²) >= 11 is 6.66. The van der Waals surface area contributed by atoms with Crippen LogP contribution < -0.4 is 0 Å². The Labute approximate surface area is 151 Å². The first-order chi connectivity index (χ1) is 9.98. The Balaban J connectivity index is 2.98. The molecule has 1 saturated heterocycles. The van der Waals surface area contributed by atoms with Gasteiger partial charge in [-0.1, -0.05) is 57.2 Å². The van der Waals surface area contributed by atoms with Crippen molar-refractivity contribution in [2.24, 2.45) is 11.8 Å². The Morgan fingerprint density at radius 3 is 2.14 bits per heavy atom. The summed E-state index contributed by atoms with van der Waals surface area (Å²) in [6.07, 6.45) is 2.78. The van der Waals surface area contributed by atoms with Gasteiger partial charge in [0, 0.05) is 16.3 Å². The molecule has 0 aliphatic carbocycles. The topological polar surface area (TPSA) is 18.5 Å². The van der Waals surface area contributed by atoms with Crippen molar-refractivity contribution >= 4 is 43.5 Å². The highest BCUT2D eigenvalue weighted by Gasteiger charge is 2.44. The molecule has 0 bridgehead atoms. The lowest BCUT2D eigenvalue weighted by Gasteiger charge is -2.47.